The van der Waals surface area contributed by atoms with Gasteiger partial charge < -0.3 is 17.0 Å². The number of nitrogens with zero attached hydrogens (tertiary/aromatic N) is 2. The van der Waals surface area contributed by atoms with E-state index in [-0.39, 0.29) is 29.3 Å². The summed E-state index contributed by atoms with van der Waals surface area (Å²) in [6.45, 7) is 2.34. The van der Waals surface area contributed by atoms with E-state index in [9.17, 15) is 4.79 Å². The molecule has 0 bridgehead atoms. The molecule has 0 N–H and O–H groups in total. The average molecular weight is 448 g/mol. The monoisotopic (exact) mass is 446 g/mol. The molecule has 0 saturated carbocycles. The first kappa shape index (κ1) is 18.5. The van der Waals surface area contributed by atoms with Crippen LogP contribution in [0, 0.1) is 6.92 Å². The smallest absolute Gasteiger partial charge is 0.287 e. The number of ketones is 1. The predicted octanol–water partition coefficient (Wildman–Crippen LogP) is 0.994. The number of carbonyl (C=O) groups is 1. The lowest BCUT2D eigenvalue weighted by Gasteiger charge is -2.01. The second-order valence-corrected chi connectivity index (χ2v) is 6.33. The van der Waals surface area contributed by atoms with Crippen molar-refractivity contribution >= 4 is 21.7 Å². The van der Waals surface area contributed by atoms with Gasteiger partial charge in [-0.2, -0.15) is 0 Å². The van der Waals surface area contributed by atoms with Crippen LogP contribution in [0.25, 0.3) is 11.3 Å². The van der Waals surface area contributed by atoms with Gasteiger partial charge in [0, 0.05) is 21.7 Å². The molecule has 5 heteroatoms. The topological polar surface area (TPSA) is 33.8 Å². The SMILES string of the molecule is Cc1cccc(-c2cc[n+](CC(=O)c3ccc(Br)cc3)cn2)c1.[Br-]. The van der Waals surface area contributed by atoms with Gasteiger partial charge in [-0.3, -0.25) is 4.79 Å². The zero-order valence-electron chi connectivity index (χ0n) is 13.1. The molecule has 0 spiro atoms. The van der Waals surface area contributed by atoms with E-state index in [4.69, 9.17) is 0 Å². The van der Waals surface area contributed by atoms with Crippen LogP contribution in [0.3, 0.4) is 0 Å². The Kier molecular flexibility index (Phi) is 6.40. The number of Topliss-reactive ketones (excluding diaryl/α,β-unsaturated/α-hetero) is 1. The highest BCUT2D eigenvalue weighted by Crippen LogP contribution is 2.16. The summed E-state index contributed by atoms with van der Waals surface area (Å²) in [5, 5.41) is 0. The molecule has 0 aliphatic rings. The highest BCUT2D eigenvalue weighted by Gasteiger charge is 2.11. The third-order valence-electron chi connectivity index (χ3n) is 3.58. The van der Waals surface area contributed by atoms with E-state index in [1.165, 1.54) is 5.56 Å². The van der Waals surface area contributed by atoms with Crippen LogP contribution >= 0.6 is 15.9 Å². The summed E-state index contributed by atoms with van der Waals surface area (Å²) < 4.78 is 2.76. The van der Waals surface area contributed by atoms with Crippen molar-refractivity contribution in [3.8, 4) is 11.3 Å². The van der Waals surface area contributed by atoms with E-state index >= 15 is 0 Å². The molecule has 0 radical (unpaired) electrons. The predicted molar refractivity (Wildman–Crippen MR) is 93.1 cm³/mol. The minimum atomic E-state index is 0. The Morgan fingerprint density at radius 1 is 1.12 bits per heavy atom. The summed E-state index contributed by atoms with van der Waals surface area (Å²) in [6, 6.07) is 17.5. The standard InChI is InChI=1S/C19H16BrN2O.BrH/c1-14-3-2-4-16(11-14)18-9-10-22(13-21-18)12-19(23)15-5-7-17(20)8-6-15;/h2-11,13H,12H2,1H3;1H/q+1;/p-1. The maximum Gasteiger partial charge on any atom is 0.287 e. The lowest BCUT2D eigenvalue weighted by Crippen LogP contribution is -3.00. The largest absolute Gasteiger partial charge is 1.00 e. The summed E-state index contributed by atoms with van der Waals surface area (Å²) in [7, 11) is 0. The Morgan fingerprint density at radius 2 is 1.88 bits per heavy atom. The average Bonchev–Trinajstić information content (AvgIpc) is 2.56. The number of hydrogen-bond acceptors (Lipinski definition) is 2. The molecule has 0 aliphatic heterocycles. The molecule has 0 fully saturated rings. The van der Waals surface area contributed by atoms with Crippen molar-refractivity contribution in [2.75, 3.05) is 0 Å². The number of aryl methyl sites for hydroxylation is 1. The minimum Gasteiger partial charge on any atom is -1.00 e. The fraction of sp³-hybridized carbons (Fsp3) is 0.105. The Morgan fingerprint density at radius 3 is 2.50 bits per heavy atom. The van der Waals surface area contributed by atoms with E-state index < -0.39 is 0 Å². The normalized spacial score (nSPS) is 10.1. The van der Waals surface area contributed by atoms with Crippen LogP contribution in [0.4, 0.5) is 0 Å². The quantitative estimate of drug-likeness (QED) is 0.441. The number of hydrogen-bond donors (Lipinski definition) is 0. The molecule has 0 saturated heterocycles. The van der Waals surface area contributed by atoms with Gasteiger partial charge in [-0.05, 0) is 30.1 Å². The van der Waals surface area contributed by atoms with Crippen LogP contribution in [0.5, 0.6) is 0 Å². The van der Waals surface area contributed by atoms with Gasteiger partial charge in [-0.25, -0.2) is 4.57 Å². The van der Waals surface area contributed by atoms with E-state index in [0.29, 0.717) is 5.56 Å². The Labute approximate surface area is 160 Å². The fourth-order valence-corrected chi connectivity index (χ4v) is 2.61. The van der Waals surface area contributed by atoms with E-state index in [2.05, 4.69) is 40.0 Å². The van der Waals surface area contributed by atoms with Crippen molar-refractivity contribution in [1.82, 2.24) is 4.98 Å². The first-order valence-corrected chi connectivity index (χ1v) is 8.12. The third-order valence-corrected chi connectivity index (χ3v) is 4.10. The van der Waals surface area contributed by atoms with Crippen molar-refractivity contribution in [1.29, 1.82) is 0 Å². The molecule has 1 aromatic heterocycles. The first-order chi connectivity index (χ1) is 11.1. The maximum atomic E-state index is 12.3. The number of carbonyl (C=O) groups excluding carboxylic acids is 1. The van der Waals surface area contributed by atoms with E-state index in [0.717, 1.165) is 15.7 Å². The molecule has 0 atom stereocenters. The number of rotatable bonds is 4. The van der Waals surface area contributed by atoms with Crippen LogP contribution < -0.4 is 21.5 Å². The van der Waals surface area contributed by atoms with Gasteiger partial charge in [0.2, 0.25) is 5.78 Å². The van der Waals surface area contributed by atoms with Gasteiger partial charge in [0.15, 0.2) is 12.2 Å². The molecule has 0 aliphatic carbocycles. The molecule has 1 heterocycles. The molecule has 3 rings (SSSR count). The molecular weight excluding hydrogens is 432 g/mol. The Hall–Kier alpha value is -1.85. The molecule has 122 valence electrons. The first-order valence-electron chi connectivity index (χ1n) is 7.33. The van der Waals surface area contributed by atoms with Gasteiger partial charge in [-0.15, -0.1) is 0 Å². The molecule has 0 unspecified atom stereocenters. The van der Waals surface area contributed by atoms with Crippen molar-refractivity contribution < 1.29 is 26.3 Å². The second-order valence-electron chi connectivity index (χ2n) is 5.42. The van der Waals surface area contributed by atoms with Gasteiger partial charge in [0.1, 0.15) is 0 Å². The molecule has 24 heavy (non-hydrogen) atoms. The summed E-state index contributed by atoms with van der Waals surface area (Å²) >= 11 is 3.37. The third kappa shape index (κ3) is 4.58. The number of halogens is 2. The van der Waals surface area contributed by atoms with Crippen molar-refractivity contribution in [2.24, 2.45) is 0 Å². The van der Waals surface area contributed by atoms with Gasteiger partial charge >= 0.3 is 0 Å². The van der Waals surface area contributed by atoms with Crippen molar-refractivity contribution in [2.45, 2.75) is 13.5 Å². The lowest BCUT2D eigenvalue weighted by molar-refractivity contribution is -0.686. The van der Waals surface area contributed by atoms with Crippen molar-refractivity contribution in [3.05, 3.63) is 82.7 Å². The second kappa shape index (κ2) is 8.31. The Balaban J connectivity index is 0.00000208. The van der Waals surface area contributed by atoms with Gasteiger partial charge in [0.05, 0.1) is 6.20 Å². The molecule has 3 aromatic rings. The molecule has 3 nitrogen and oxygen atoms in total. The van der Waals surface area contributed by atoms with Gasteiger partial charge in [0.25, 0.3) is 6.33 Å². The highest BCUT2D eigenvalue weighted by molar-refractivity contribution is 9.10. The lowest BCUT2D eigenvalue weighted by atomic mass is 10.1. The van der Waals surface area contributed by atoms with E-state index in [1.807, 2.05) is 48.7 Å². The van der Waals surface area contributed by atoms with Crippen LogP contribution in [0.15, 0.2) is 71.6 Å². The molecule has 2 aromatic carbocycles. The fourth-order valence-electron chi connectivity index (χ4n) is 2.35. The summed E-state index contributed by atoms with van der Waals surface area (Å²) in [5.41, 5.74) is 3.88. The molecular formula is C19H16Br2N2O. The van der Waals surface area contributed by atoms with Crippen LogP contribution in [0.1, 0.15) is 15.9 Å². The summed E-state index contributed by atoms with van der Waals surface area (Å²) in [6.07, 6.45) is 3.59. The maximum absolute atomic E-state index is 12.3. The van der Waals surface area contributed by atoms with Gasteiger partial charge in [-0.1, -0.05) is 51.8 Å². The zero-order valence-corrected chi connectivity index (χ0v) is 16.3. The zero-order chi connectivity index (χ0) is 16.2. The number of benzene rings is 2. The van der Waals surface area contributed by atoms with Crippen LogP contribution in [0.2, 0.25) is 0 Å². The highest BCUT2D eigenvalue weighted by atomic mass is 79.9. The van der Waals surface area contributed by atoms with Crippen LogP contribution in [-0.4, -0.2) is 10.8 Å². The van der Waals surface area contributed by atoms with Crippen LogP contribution in [-0.2, 0) is 6.54 Å². The van der Waals surface area contributed by atoms with Crippen molar-refractivity contribution in [3.63, 3.8) is 0 Å². The summed E-state index contributed by atoms with van der Waals surface area (Å²) in [4.78, 5) is 16.7. The van der Waals surface area contributed by atoms with E-state index in [1.54, 1.807) is 10.9 Å². The molecule has 0 amide bonds. The minimum absolute atomic E-state index is 0. The summed E-state index contributed by atoms with van der Waals surface area (Å²) in [5.74, 6) is 0.0626. The number of aromatic nitrogens is 2. The Bertz CT molecular complexity index is 831.